The fraction of sp³-hybridized carbons (Fsp3) is 0.381. The first-order chi connectivity index (χ1) is 11.6. The Morgan fingerprint density at radius 3 is 1.84 bits per heavy atom. The van der Waals surface area contributed by atoms with E-state index in [4.69, 9.17) is 9.47 Å². The summed E-state index contributed by atoms with van der Waals surface area (Å²) < 4.78 is 11.0. The molecule has 0 radical (unpaired) electrons. The van der Waals surface area contributed by atoms with E-state index in [9.17, 15) is 4.79 Å². The lowest BCUT2D eigenvalue weighted by Crippen LogP contribution is -2.42. The van der Waals surface area contributed by atoms with Crippen LogP contribution in [0.1, 0.15) is 40.2 Å². The van der Waals surface area contributed by atoms with Crippen molar-refractivity contribution in [2.45, 2.75) is 45.6 Å². The molecule has 0 aliphatic heterocycles. The summed E-state index contributed by atoms with van der Waals surface area (Å²) >= 11 is 0. The lowest BCUT2D eigenvalue weighted by atomic mass is 9.87. The fourth-order valence-corrected chi connectivity index (χ4v) is 2.32. The second-order valence-corrected chi connectivity index (χ2v) is 7.57. The summed E-state index contributed by atoms with van der Waals surface area (Å²) in [6.07, 6.45) is 0. The van der Waals surface area contributed by atoms with Crippen molar-refractivity contribution in [3.8, 4) is 11.5 Å². The zero-order valence-corrected chi connectivity index (χ0v) is 15.8. The van der Waals surface area contributed by atoms with Gasteiger partial charge in [-0.2, -0.15) is 0 Å². The molecule has 2 aromatic rings. The Kier molecular flexibility index (Phi) is 5.41. The molecular formula is C21H27NO3. The number of hydrogen-bond donors (Lipinski definition) is 1. The van der Waals surface area contributed by atoms with Gasteiger partial charge in [0, 0.05) is 5.69 Å². The molecular weight excluding hydrogens is 314 g/mol. The molecule has 25 heavy (non-hydrogen) atoms. The highest BCUT2D eigenvalue weighted by molar-refractivity contribution is 5.97. The molecule has 0 aliphatic rings. The predicted molar refractivity (Wildman–Crippen MR) is 101 cm³/mol. The van der Waals surface area contributed by atoms with Gasteiger partial charge < -0.3 is 14.8 Å². The third-order valence-electron chi connectivity index (χ3n) is 3.99. The van der Waals surface area contributed by atoms with Crippen molar-refractivity contribution in [1.29, 1.82) is 0 Å². The minimum Gasteiger partial charge on any atom is -0.497 e. The van der Waals surface area contributed by atoms with E-state index in [-0.39, 0.29) is 11.3 Å². The molecule has 4 heteroatoms. The highest BCUT2D eigenvalue weighted by Gasteiger charge is 2.30. The van der Waals surface area contributed by atoms with Crippen LogP contribution in [0.5, 0.6) is 11.5 Å². The van der Waals surface area contributed by atoms with Gasteiger partial charge >= 0.3 is 0 Å². The molecule has 0 atom stereocenters. The molecule has 0 spiro atoms. The second-order valence-electron chi connectivity index (χ2n) is 7.57. The van der Waals surface area contributed by atoms with Crippen molar-refractivity contribution in [2.24, 2.45) is 0 Å². The number of methoxy groups -OCH3 is 1. The average Bonchev–Trinajstić information content (AvgIpc) is 2.55. The highest BCUT2D eigenvalue weighted by atomic mass is 16.5. The van der Waals surface area contributed by atoms with Gasteiger partial charge in [-0.05, 0) is 61.2 Å². The van der Waals surface area contributed by atoms with Gasteiger partial charge in [0.05, 0.1) is 7.11 Å². The number of benzene rings is 2. The van der Waals surface area contributed by atoms with E-state index in [1.807, 2.05) is 24.3 Å². The molecule has 0 heterocycles. The Morgan fingerprint density at radius 2 is 1.36 bits per heavy atom. The van der Waals surface area contributed by atoms with E-state index in [1.54, 1.807) is 45.2 Å². The largest absolute Gasteiger partial charge is 0.497 e. The van der Waals surface area contributed by atoms with E-state index < -0.39 is 5.60 Å². The average molecular weight is 341 g/mol. The van der Waals surface area contributed by atoms with Gasteiger partial charge in [0.2, 0.25) is 0 Å². The van der Waals surface area contributed by atoms with Crippen LogP contribution in [0.3, 0.4) is 0 Å². The van der Waals surface area contributed by atoms with Crippen LogP contribution in [0, 0.1) is 0 Å². The van der Waals surface area contributed by atoms with E-state index in [0.717, 1.165) is 5.75 Å². The van der Waals surface area contributed by atoms with Crippen molar-refractivity contribution in [1.82, 2.24) is 0 Å². The van der Waals surface area contributed by atoms with Gasteiger partial charge in [-0.15, -0.1) is 0 Å². The van der Waals surface area contributed by atoms with Crippen LogP contribution in [-0.2, 0) is 10.2 Å². The normalized spacial score (nSPS) is 11.8. The maximum absolute atomic E-state index is 12.6. The van der Waals surface area contributed by atoms with Crippen molar-refractivity contribution < 1.29 is 14.3 Å². The predicted octanol–water partition coefficient (Wildman–Crippen LogP) is 4.79. The fourth-order valence-electron chi connectivity index (χ4n) is 2.32. The van der Waals surface area contributed by atoms with Crippen LogP contribution in [-0.4, -0.2) is 18.6 Å². The van der Waals surface area contributed by atoms with Crippen LogP contribution in [0.4, 0.5) is 5.69 Å². The van der Waals surface area contributed by atoms with Crippen molar-refractivity contribution in [2.75, 3.05) is 12.4 Å². The van der Waals surface area contributed by atoms with E-state index in [1.165, 1.54) is 5.56 Å². The standard InChI is InChI=1S/C21H27NO3/c1-20(2,3)15-7-11-18(12-8-15)25-21(4,5)19(23)22-16-9-13-17(24-6)14-10-16/h7-14H,1-6H3,(H,22,23). The van der Waals surface area contributed by atoms with Crippen molar-refractivity contribution in [3.63, 3.8) is 0 Å². The summed E-state index contributed by atoms with van der Waals surface area (Å²) in [4.78, 5) is 12.6. The first-order valence-electron chi connectivity index (χ1n) is 8.37. The summed E-state index contributed by atoms with van der Waals surface area (Å²) in [5.74, 6) is 1.20. The Hall–Kier alpha value is -2.49. The third kappa shape index (κ3) is 4.99. The van der Waals surface area contributed by atoms with Crippen LogP contribution >= 0.6 is 0 Å². The monoisotopic (exact) mass is 341 g/mol. The second kappa shape index (κ2) is 7.18. The number of ether oxygens (including phenoxy) is 2. The topological polar surface area (TPSA) is 47.6 Å². The maximum atomic E-state index is 12.6. The molecule has 0 saturated carbocycles. The minimum absolute atomic E-state index is 0.0831. The van der Waals surface area contributed by atoms with Gasteiger partial charge in [0.15, 0.2) is 5.60 Å². The van der Waals surface area contributed by atoms with E-state index in [2.05, 4.69) is 26.1 Å². The number of hydrogen-bond acceptors (Lipinski definition) is 3. The van der Waals surface area contributed by atoms with Gasteiger partial charge in [-0.3, -0.25) is 4.79 Å². The number of rotatable bonds is 5. The van der Waals surface area contributed by atoms with E-state index >= 15 is 0 Å². The number of carbonyl (C=O) groups excluding carboxylic acids is 1. The molecule has 2 rings (SSSR count). The SMILES string of the molecule is COc1ccc(NC(=O)C(C)(C)Oc2ccc(C(C)(C)C)cc2)cc1. The van der Waals surface area contributed by atoms with Crippen LogP contribution < -0.4 is 14.8 Å². The molecule has 1 amide bonds. The molecule has 0 saturated heterocycles. The molecule has 0 bridgehead atoms. The quantitative estimate of drug-likeness (QED) is 0.850. The first-order valence-corrected chi connectivity index (χ1v) is 8.37. The molecule has 4 nitrogen and oxygen atoms in total. The van der Waals surface area contributed by atoms with Gasteiger partial charge in [0.25, 0.3) is 5.91 Å². The Balaban J connectivity index is 2.05. The van der Waals surface area contributed by atoms with Gasteiger partial charge in [0.1, 0.15) is 11.5 Å². The number of nitrogens with one attached hydrogen (secondary N) is 1. The van der Waals surface area contributed by atoms with Crippen LogP contribution in [0.25, 0.3) is 0 Å². The number of carbonyl (C=O) groups is 1. The van der Waals surface area contributed by atoms with Gasteiger partial charge in [-0.1, -0.05) is 32.9 Å². The Labute approximate surface area is 150 Å². The summed E-state index contributed by atoms with van der Waals surface area (Å²) in [7, 11) is 1.61. The zero-order valence-electron chi connectivity index (χ0n) is 15.8. The lowest BCUT2D eigenvalue weighted by Gasteiger charge is -2.26. The third-order valence-corrected chi connectivity index (χ3v) is 3.99. The first kappa shape index (κ1) is 18.8. The van der Waals surface area contributed by atoms with Crippen molar-refractivity contribution in [3.05, 3.63) is 54.1 Å². The Morgan fingerprint density at radius 1 is 0.840 bits per heavy atom. The molecule has 1 N–H and O–H groups in total. The molecule has 2 aromatic carbocycles. The maximum Gasteiger partial charge on any atom is 0.267 e. The minimum atomic E-state index is -0.997. The smallest absolute Gasteiger partial charge is 0.267 e. The summed E-state index contributed by atoms with van der Waals surface area (Å²) in [6, 6.07) is 15.1. The van der Waals surface area contributed by atoms with Gasteiger partial charge in [-0.25, -0.2) is 0 Å². The summed E-state index contributed by atoms with van der Waals surface area (Å²) in [5, 5.41) is 2.87. The van der Waals surface area contributed by atoms with Crippen molar-refractivity contribution >= 4 is 11.6 Å². The molecule has 0 aliphatic carbocycles. The Bertz CT molecular complexity index is 710. The number of amides is 1. The van der Waals surface area contributed by atoms with E-state index in [0.29, 0.717) is 11.4 Å². The summed E-state index contributed by atoms with van der Waals surface area (Å²) in [5.41, 5.74) is 1.01. The molecule has 0 fully saturated rings. The van der Waals surface area contributed by atoms with Crippen LogP contribution in [0.2, 0.25) is 0 Å². The number of anilines is 1. The molecule has 0 aromatic heterocycles. The highest BCUT2D eigenvalue weighted by Crippen LogP contribution is 2.26. The summed E-state index contributed by atoms with van der Waals surface area (Å²) in [6.45, 7) is 9.99. The lowest BCUT2D eigenvalue weighted by molar-refractivity contribution is -0.128. The molecule has 0 unspecified atom stereocenters. The van der Waals surface area contributed by atoms with Crippen LogP contribution in [0.15, 0.2) is 48.5 Å². The zero-order chi connectivity index (χ0) is 18.7. The molecule has 134 valence electrons.